The van der Waals surface area contributed by atoms with Gasteiger partial charge < -0.3 is 9.75 Å². The number of carbonyl (C=O) groups excluding carboxylic acids is 1. The highest BCUT2D eigenvalue weighted by atomic mass is 35.5. The molecule has 6 nitrogen and oxygen atoms in total. The van der Waals surface area contributed by atoms with Crippen LogP contribution in [0.4, 0.5) is 27.6 Å². The molecule has 0 aromatic heterocycles. The molecule has 172 valence electrons. The molecule has 0 fully saturated rings. The van der Waals surface area contributed by atoms with Gasteiger partial charge in [-0.3, -0.25) is 9.80 Å². The van der Waals surface area contributed by atoms with E-state index < -0.39 is 18.4 Å². The van der Waals surface area contributed by atoms with Crippen molar-refractivity contribution < 1.29 is 31.5 Å². The summed E-state index contributed by atoms with van der Waals surface area (Å²) in [6, 6.07) is 7.51. The van der Waals surface area contributed by atoms with E-state index in [9.17, 15) is 26.7 Å². The van der Waals surface area contributed by atoms with Crippen molar-refractivity contribution in [2.45, 2.75) is 23.4 Å². The van der Waals surface area contributed by atoms with Gasteiger partial charge in [-0.1, -0.05) is 17.7 Å². The zero-order chi connectivity index (χ0) is 23.8. The number of carbonyl (C=O) groups is 1. The number of nitrogens with two attached hydrogens (primary N) is 2. The Morgan fingerprint density at radius 1 is 1.19 bits per heavy atom. The smallest absolute Gasteiger partial charge is 0.417 e. The van der Waals surface area contributed by atoms with Crippen molar-refractivity contribution in [2.75, 3.05) is 19.1 Å². The minimum absolute atomic E-state index is 0.0802. The van der Waals surface area contributed by atoms with Gasteiger partial charge in [-0.05, 0) is 30.3 Å². The molecule has 13 heteroatoms. The van der Waals surface area contributed by atoms with Gasteiger partial charge in [-0.2, -0.15) is 22.0 Å². The van der Waals surface area contributed by atoms with E-state index >= 15 is 0 Å². The molecule has 0 bridgehead atoms. The summed E-state index contributed by atoms with van der Waals surface area (Å²) in [5, 5.41) is 2.26. The van der Waals surface area contributed by atoms with Crippen molar-refractivity contribution in [3.63, 3.8) is 0 Å². The fourth-order valence-electron chi connectivity index (χ4n) is 2.24. The Bertz CT molecular complexity index is 869. The molecule has 2 aromatic rings. The highest BCUT2D eigenvalue weighted by Gasteiger charge is 2.33. The third kappa shape index (κ3) is 8.77. The first kappa shape index (κ1) is 26.8. The number of hydrogen-bond acceptors (Lipinski definition) is 6. The molecule has 0 saturated heterocycles. The molecule has 0 unspecified atom stereocenters. The molecule has 0 saturated carbocycles. The molecule has 0 spiro atoms. The van der Waals surface area contributed by atoms with E-state index in [-0.39, 0.29) is 27.0 Å². The van der Waals surface area contributed by atoms with Crippen LogP contribution in [0.2, 0.25) is 5.02 Å². The Morgan fingerprint density at radius 3 is 2.29 bits per heavy atom. The first-order valence-corrected chi connectivity index (χ1v) is 9.70. The van der Waals surface area contributed by atoms with E-state index in [0.717, 1.165) is 28.9 Å². The normalized spacial score (nSPS) is 10.9. The molecular weight excluding hydrogens is 467 g/mol. The lowest BCUT2D eigenvalue weighted by molar-refractivity contribution is -0.139. The summed E-state index contributed by atoms with van der Waals surface area (Å²) >= 11 is 6.60. The minimum atomic E-state index is -4.57. The average molecular weight is 487 g/mol. The summed E-state index contributed by atoms with van der Waals surface area (Å²) in [7, 11) is 2.95. The summed E-state index contributed by atoms with van der Waals surface area (Å²) in [5.41, 5.74) is -0.260. The number of amides is 1. The van der Waals surface area contributed by atoms with Crippen LogP contribution >= 0.6 is 23.4 Å². The van der Waals surface area contributed by atoms with Gasteiger partial charge in [-0.15, -0.1) is 11.8 Å². The van der Waals surface area contributed by atoms with Gasteiger partial charge >= 0.3 is 12.8 Å². The van der Waals surface area contributed by atoms with Gasteiger partial charge in [-0.25, -0.2) is 11.7 Å². The van der Waals surface area contributed by atoms with Crippen LogP contribution in [0.1, 0.15) is 11.1 Å². The summed E-state index contributed by atoms with van der Waals surface area (Å²) in [4.78, 5) is 9.18. The number of halogens is 6. The quantitative estimate of drug-likeness (QED) is 0.150. The Hall–Kier alpha value is -2.28. The fraction of sp³-hybridized carbons (Fsp3) is 0.278. The molecule has 4 N–H and O–H groups in total. The molecule has 0 aliphatic heterocycles. The molecule has 0 aliphatic rings. The Morgan fingerprint density at radius 2 is 1.81 bits per heavy atom. The molecule has 31 heavy (non-hydrogen) atoms. The Kier molecular flexibility index (Phi) is 10.3. The third-order valence-corrected chi connectivity index (χ3v) is 4.81. The first-order valence-electron chi connectivity index (χ1n) is 8.34. The van der Waals surface area contributed by atoms with E-state index in [2.05, 4.69) is 4.74 Å². The molecular formula is C18H20ClF5N4O2S. The number of rotatable bonds is 7. The molecule has 0 atom stereocenters. The van der Waals surface area contributed by atoms with Crippen LogP contribution in [0.25, 0.3) is 0 Å². The Balaban J connectivity index is 0.000000861. The van der Waals surface area contributed by atoms with Crippen LogP contribution in [-0.4, -0.2) is 32.1 Å². The number of benzene rings is 2. The van der Waals surface area contributed by atoms with Crippen LogP contribution in [0.15, 0.2) is 41.3 Å². The van der Waals surface area contributed by atoms with Crippen LogP contribution in [0, 0.1) is 0 Å². The predicted molar refractivity (Wildman–Crippen MR) is 110 cm³/mol. The predicted octanol–water partition coefficient (Wildman–Crippen LogP) is 4.51. The van der Waals surface area contributed by atoms with Crippen molar-refractivity contribution >= 4 is 35.5 Å². The molecule has 2 aromatic carbocycles. The van der Waals surface area contributed by atoms with E-state index in [1.165, 1.54) is 37.3 Å². The van der Waals surface area contributed by atoms with Gasteiger partial charge in [0.25, 0.3) is 0 Å². The lowest BCUT2D eigenvalue weighted by Gasteiger charge is -2.20. The molecule has 2 rings (SSSR count). The number of thioether (sulfide) groups is 1. The number of nitrogens with zero attached hydrogens (tertiary/aromatic N) is 2. The monoisotopic (exact) mass is 486 g/mol. The van der Waals surface area contributed by atoms with E-state index in [1.807, 2.05) is 0 Å². The van der Waals surface area contributed by atoms with Gasteiger partial charge in [0.2, 0.25) is 6.41 Å². The second-order valence-electron chi connectivity index (χ2n) is 5.94. The van der Waals surface area contributed by atoms with Crippen LogP contribution in [0.3, 0.4) is 0 Å². The van der Waals surface area contributed by atoms with Crippen LogP contribution in [-0.2, 0) is 16.7 Å². The molecule has 0 radical (unpaired) electrons. The standard InChI is InChI=1S/C16H14ClF5N2OS.C2H6N2O/c1-24(23)12-3-2-4-13(25-15(18)19)10(12)8-26-14-7-9(17)5-6-11(14)16(20,21)22;1-4(3)2-5/h2-7,15H,8,23H2,1H3;2H,3H2,1H3. The summed E-state index contributed by atoms with van der Waals surface area (Å²) < 4.78 is 69.2. The van der Waals surface area contributed by atoms with Crippen LogP contribution < -0.4 is 21.4 Å². The fourth-order valence-corrected chi connectivity index (χ4v) is 3.61. The summed E-state index contributed by atoms with van der Waals surface area (Å²) in [5.74, 6) is 10.2. The number of hydrazine groups is 2. The Labute approximate surface area is 184 Å². The van der Waals surface area contributed by atoms with Gasteiger partial charge in [0.1, 0.15) is 5.75 Å². The van der Waals surface area contributed by atoms with Gasteiger partial charge in [0, 0.05) is 35.3 Å². The van der Waals surface area contributed by atoms with E-state index in [1.54, 1.807) is 6.07 Å². The maximum atomic E-state index is 13.2. The van der Waals surface area contributed by atoms with Gasteiger partial charge in [0.05, 0.1) is 11.3 Å². The second-order valence-corrected chi connectivity index (χ2v) is 7.39. The summed E-state index contributed by atoms with van der Waals surface area (Å²) in [6.45, 7) is -3.08. The number of hydrogen-bond donors (Lipinski definition) is 2. The average Bonchev–Trinajstić information content (AvgIpc) is 2.65. The van der Waals surface area contributed by atoms with E-state index in [4.69, 9.17) is 23.3 Å². The van der Waals surface area contributed by atoms with Crippen molar-refractivity contribution in [1.29, 1.82) is 0 Å². The lowest BCUT2D eigenvalue weighted by atomic mass is 10.1. The van der Waals surface area contributed by atoms with Crippen molar-refractivity contribution in [3.8, 4) is 5.75 Å². The highest BCUT2D eigenvalue weighted by Crippen LogP contribution is 2.41. The topological polar surface area (TPSA) is 84.8 Å². The summed E-state index contributed by atoms with van der Waals surface area (Å²) in [6.07, 6.45) is -4.04. The van der Waals surface area contributed by atoms with E-state index in [0.29, 0.717) is 12.1 Å². The zero-order valence-electron chi connectivity index (χ0n) is 16.4. The third-order valence-electron chi connectivity index (χ3n) is 3.49. The van der Waals surface area contributed by atoms with Crippen molar-refractivity contribution in [1.82, 2.24) is 5.01 Å². The zero-order valence-corrected chi connectivity index (χ0v) is 17.9. The maximum absolute atomic E-state index is 13.2. The SMILES string of the molecule is CN(N)C=O.CN(N)c1cccc(OC(F)F)c1CSc1cc(Cl)ccc1C(F)(F)F. The van der Waals surface area contributed by atoms with Crippen molar-refractivity contribution in [2.24, 2.45) is 11.7 Å². The number of ether oxygens (including phenoxy) is 1. The van der Waals surface area contributed by atoms with Gasteiger partial charge in [0.15, 0.2) is 0 Å². The maximum Gasteiger partial charge on any atom is 0.417 e. The minimum Gasteiger partial charge on any atom is -0.434 e. The van der Waals surface area contributed by atoms with Crippen LogP contribution in [0.5, 0.6) is 5.75 Å². The lowest BCUT2D eigenvalue weighted by Crippen LogP contribution is -2.26. The van der Waals surface area contributed by atoms with Crippen molar-refractivity contribution in [3.05, 3.63) is 52.5 Å². The molecule has 0 aliphatic carbocycles. The highest BCUT2D eigenvalue weighted by molar-refractivity contribution is 7.98. The largest absolute Gasteiger partial charge is 0.434 e. The number of alkyl halides is 5. The second kappa shape index (κ2) is 11.9. The molecule has 0 heterocycles. The first-order chi connectivity index (χ1) is 14.4. The number of anilines is 1. The molecule has 1 amide bonds.